The second-order valence-corrected chi connectivity index (χ2v) is 5.15. The Morgan fingerprint density at radius 1 is 1.00 bits per heavy atom. The molecule has 0 radical (unpaired) electrons. The summed E-state index contributed by atoms with van der Waals surface area (Å²) in [7, 11) is 0. The van der Waals surface area contributed by atoms with Gasteiger partial charge in [0.1, 0.15) is 5.75 Å². The SMILES string of the molecule is CC=Cc1cccc(Sc2ccccc2C)c1O. The number of hydrogen-bond acceptors (Lipinski definition) is 2. The Labute approximate surface area is 112 Å². The van der Waals surface area contributed by atoms with Crippen molar-refractivity contribution in [2.75, 3.05) is 0 Å². The first kappa shape index (κ1) is 12.8. The number of aryl methyl sites for hydroxylation is 1. The highest BCUT2D eigenvalue weighted by Gasteiger charge is 2.07. The molecule has 1 nitrogen and oxygen atoms in total. The van der Waals surface area contributed by atoms with Crippen LogP contribution in [0.2, 0.25) is 0 Å². The molecule has 0 bridgehead atoms. The van der Waals surface area contributed by atoms with Gasteiger partial charge in [-0.3, -0.25) is 0 Å². The fraction of sp³-hybridized carbons (Fsp3) is 0.125. The van der Waals surface area contributed by atoms with E-state index in [4.69, 9.17) is 0 Å². The maximum atomic E-state index is 10.2. The van der Waals surface area contributed by atoms with E-state index >= 15 is 0 Å². The van der Waals surface area contributed by atoms with Crippen LogP contribution < -0.4 is 0 Å². The van der Waals surface area contributed by atoms with Gasteiger partial charge in [0.05, 0.1) is 4.90 Å². The number of phenolic OH excluding ortho intramolecular Hbond substituents is 1. The van der Waals surface area contributed by atoms with E-state index in [0.29, 0.717) is 5.75 Å². The molecule has 0 aromatic heterocycles. The Bertz CT molecular complexity index is 573. The molecule has 2 heteroatoms. The molecule has 92 valence electrons. The molecule has 2 rings (SSSR count). The third-order valence-electron chi connectivity index (χ3n) is 2.69. The Balaban J connectivity index is 2.35. The van der Waals surface area contributed by atoms with Gasteiger partial charge in [0.2, 0.25) is 0 Å². The van der Waals surface area contributed by atoms with Crippen molar-refractivity contribution in [2.45, 2.75) is 23.6 Å². The highest BCUT2D eigenvalue weighted by atomic mass is 32.2. The molecule has 18 heavy (non-hydrogen) atoms. The predicted octanol–water partition coefficient (Wildman–Crippen LogP) is 4.88. The fourth-order valence-corrected chi connectivity index (χ4v) is 2.70. The van der Waals surface area contributed by atoms with Crippen LogP contribution in [0.15, 0.2) is 58.3 Å². The third kappa shape index (κ3) is 2.77. The van der Waals surface area contributed by atoms with E-state index in [1.54, 1.807) is 11.8 Å². The molecule has 0 aliphatic carbocycles. The summed E-state index contributed by atoms with van der Waals surface area (Å²) >= 11 is 1.60. The number of rotatable bonds is 3. The minimum Gasteiger partial charge on any atom is -0.506 e. The van der Waals surface area contributed by atoms with E-state index in [-0.39, 0.29) is 0 Å². The lowest BCUT2D eigenvalue weighted by Crippen LogP contribution is -1.82. The number of phenols is 1. The first-order chi connectivity index (χ1) is 8.72. The number of benzene rings is 2. The molecular weight excluding hydrogens is 240 g/mol. The van der Waals surface area contributed by atoms with Gasteiger partial charge in [-0.05, 0) is 31.5 Å². The van der Waals surface area contributed by atoms with Crippen molar-refractivity contribution < 1.29 is 5.11 Å². The van der Waals surface area contributed by atoms with Crippen molar-refractivity contribution in [3.63, 3.8) is 0 Å². The van der Waals surface area contributed by atoms with Crippen molar-refractivity contribution in [1.82, 2.24) is 0 Å². The predicted molar refractivity (Wildman–Crippen MR) is 78.1 cm³/mol. The smallest absolute Gasteiger partial charge is 0.136 e. The largest absolute Gasteiger partial charge is 0.506 e. The van der Waals surface area contributed by atoms with Crippen molar-refractivity contribution in [2.24, 2.45) is 0 Å². The molecule has 0 amide bonds. The summed E-state index contributed by atoms with van der Waals surface area (Å²) in [5.41, 5.74) is 2.08. The molecule has 0 atom stereocenters. The lowest BCUT2D eigenvalue weighted by Gasteiger charge is -2.08. The molecule has 0 unspecified atom stereocenters. The highest BCUT2D eigenvalue weighted by Crippen LogP contribution is 2.37. The number of allylic oxidation sites excluding steroid dienone is 1. The lowest BCUT2D eigenvalue weighted by molar-refractivity contribution is 0.461. The van der Waals surface area contributed by atoms with E-state index in [0.717, 1.165) is 10.5 Å². The summed E-state index contributed by atoms with van der Waals surface area (Å²) in [6.45, 7) is 4.02. The van der Waals surface area contributed by atoms with Gasteiger partial charge in [0.25, 0.3) is 0 Å². The van der Waals surface area contributed by atoms with Crippen LogP contribution in [0, 0.1) is 6.92 Å². The maximum absolute atomic E-state index is 10.2. The maximum Gasteiger partial charge on any atom is 0.136 e. The first-order valence-electron chi connectivity index (χ1n) is 5.90. The second kappa shape index (κ2) is 5.78. The summed E-state index contributed by atoms with van der Waals surface area (Å²) in [5, 5.41) is 10.2. The molecule has 2 aromatic rings. The van der Waals surface area contributed by atoms with Crippen LogP contribution in [0.4, 0.5) is 0 Å². The Morgan fingerprint density at radius 3 is 2.44 bits per heavy atom. The normalized spacial score (nSPS) is 11.0. The summed E-state index contributed by atoms with van der Waals surface area (Å²) in [5.74, 6) is 0.351. The Kier molecular flexibility index (Phi) is 4.11. The molecule has 0 spiro atoms. The van der Waals surface area contributed by atoms with E-state index in [1.807, 2.05) is 49.4 Å². The van der Waals surface area contributed by atoms with Gasteiger partial charge < -0.3 is 5.11 Å². The van der Waals surface area contributed by atoms with Crippen molar-refractivity contribution in [3.05, 3.63) is 59.7 Å². The zero-order chi connectivity index (χ0) is 13.0. The quantitative estimate of drug-likeness (QED) is 0.844. The molecule has 2 aromatic carbocycles. The Hall–Kier alpha value is -1.67. The van der Waals surface area contributed by atoms with Crippen LogP contribution in [-0.4, -0.2) is 5.11 Å². The first-order valence-corrected chi connectivity index (χ1v) is 6.72. The summed E-state index contributed by atoms with van der Waals surface area (Å²) in [4.78, 5) is 2.06. The van der Waals surface area contributed by atoms with Gasteiger partial charge in [-0.1, -0.05) is 54.2 Å². The number of para-hydroxylation sites is 1. The average Bonchev–Trinajstić information content (AvgIpc) is 2.37. The minimum atomic E-state index is 0.351. The molecule has 0 saturated heterocycles. The van der Waals surface area contributed by atoms with Gasteiger partial charge in [0, 0.05) is 10.5 Å². The van der Waals surface area contributed by atoms with Crippen LogP contribution >= 0.6 is 11.8 Å². The van der Waals surface area contributed by atoms with Crippen LogP contribution in [0.5, 0.6) is 5.75 Å². The van der Waals surface area contributed by atoms with Crippen molar-refractivity contribution >= 4 is 17.8 Å². The average molecular weight is 256 g/mol. The van der Waals surface area contributed by atoms with Crippen LogP contribution in [-0.2, 0) is 0 Å². The van der Waals surface area contributed by atoms with Crippen molar-refractivity contribution in [3.8, 4) is 5.75 Å². The highest BCUT2D eigenvalue weighted by molar-refractivity contribution is 7.99. The minimum absolute atomic E-state index is 0.351. The zero-order valence-corrected chi connectivity index (χ0v) is 11.4. The van der Waals surface area contributed by atoms with E-state index in [2.05, 4.69) is 19.1 Å². The van der Waals surface area contributed by atoms with Crippen LogP contribution in [0.1, 0.15) is 18.1 Å². The zero-order valence-electron chi connectivity index (χ0n) is 10.6. The topological polar surface area (TPSA) is 20.2 Å². The van der Waals surface area contributed by atoms with Gasteiger partial charge in [-0.15, -0.1) is 0 Å². The second-order valence-electron chi connectivity index (χ2n) is 4.06. The third-order valence-corrected chi connectivity index (χ3v) is 3.92. The monoisotopic (exact) mass is 256 g/mol. The molecule has 0 aliphatic rings. The van der Waals surface area contributed by atoms with Gasteiger partial charge in [-0.25, -0.2) is 0 Å². The summed E-state index contributed by atoms with van der Waals surface area (Å²) < 4.78 is 0. The standard InChI is InChI=1S/C16H16OS/c1-3-7-13-9-6-11-15(16(13)17)18-14-10-5-4-8-12(14)2/h3-11,17H,1-2H3. The summed E-state index contributed by atoms with van der Waals surface area (Å²) in [6.07, 6.45) is 3.84. The lowest BCUT2D eigenvalue weighted by atomic mass is 10.2. The molecule has 0 saturated carbocycles. The molecule has 0 aliphatic heterocycles. The number of aromatic hydroxyl groups is 1. The summed E-state index contributed by atoms with van der Waals surface area (Å²) in [6, 6.07) is 14.0. The van der Waals surface area contributed by atoms with Crippen molar-refractivity contribution in [1.29, 1.82) is 0 Å². The van der Waals surface area contributed by atoms with Gasteiger partial charge in [0.15, 0.2) is 0 Å². The fourth-order valence-electron chi connectivity index (χ4n) is 1.73. The van der Waals surface area contributed by atoms with Gasteiger partial charge >= 0.3 is 0 Å². The molecule has 0 fully saturated rings. The molecular formula is C16H16OS. The Morgan fingerprint density at radius 2 is 1.72 bits per heavy atom. The molecule has 1 N–H and O–H groups in total. The van der Waals surface area contributed by atoms with E-state index in [1.165, 1.54) is 10.5 Å². The van der Waals surface area contributed by atoms with Crippen LogP contribution in [0.25, 0.3) is 6.08 Å². The van der Waals surface area contributed by atoms with E-state index < -0.39 is 0 Å². The van der Waals surface area contributed by atoms with Crippen LogP contribution in [0.3, 0.4) is 0 Å². The number of hydrogen-bond donors (Lipinski definition) is 1. The van der Waals surface area contributed by atoms with E-state index in [9.17, 15) is 5.11 Å². The van der Waals surface area contributed by atoms with Gasteiger partial charge in [-0.2, -0.15) is 0 Å². The molecule has 0 heterocycles.